The van der Waals surface area contributed by atoms with Gasteiger partial charge in [-0.1, -0.05) is 72.4 Å². The van der Waals surface area contributed by atoms with Gasteiger partial charge in [-0.3, -0.25) is 15.2 Å². The predicted molar refractivity (Wildman–Crippen MR) is 187 cm³/mol. The van der Waals surface area contributed by atoms with Crippen LogP contribution in [-0.2, 0) is 41.4 Å². The number of aryl methyl sites for hydroxylation is 2. The fourth-order valence-electron chi connectivity index (χ4n) is 5.72. The maximum absolute atomic E-state index is 13.6. The minimum Gasteiger partial charge on any atom is -0.453 e. The zero-order chi connectivity index (χ0) is 38.6. The van der Waals surface area contributed by atoms with Gasteiger partial charge in [-0.25, -0.2) is 19.4 Å². The van der Waals surface area contributed by atoms with Crippen LogP contribution in [0, 0.1) is 6.92 Å². The number of rotatable bonds is 14. The molecule has 3 aromatic heterocycles. The zero-order valence-electron chi connectivity index (χ0n) is 29.8. The highest BCUT2D eigenvalue weighted by Gasteiger charge is 2.33. The molecule has 0 saturated carbocycles. The fraction of sp³-hybridized carbons (Fsp3) is 0.270. The van der Waals surface area contributed by atoms with Gasteiger partial charge in [-0.05, 0) is 66.8 Å². The Morgan fingerprint density at radius 2 is 1.61 bits per heavy atom. The Kier molecular flexibility index (Phi) is 11.1. The maximum Gasteiger partial charge on any atom is 0.519 e. The minimum absolute atomic E-state index is 0.0799. The van der Waals surface area contributed by atoms with Crippen LogP contribution in [0.25, 0.3) is 22.5 Å². The lowest BCUT2D eigenvalue weighted by Gasteiger charge is -2.17. The Morgan fingerprint density at radius 3 is 2.24 bits per heavy atom. The van der Waals surface area contributed by atoms with E-state index in [0.717, 1.165) is 27.9 Å². The van der Waals surface area contributed by atoms with Crippen molar-refractivity contribution in [2.75, 3.05) is 0 Å². The van der Waals surface area contributed by atoms with E-state index in [9.17, 15) is 19.5 Å². The van der Waals surface area contributed by atoms with Crippen LogP contribution >= 0.6 is 0 Å². The number of aromatic nitrogens is 6. The standard InChI is InChI=1S/C37H37N7O10/c1-5-8-30-38-32(37(3,4)48)31(35(46)51-21-29-22(2)53-36(47)54-29)42(30)19-23-11-15-25(16-12-23)27-9-6-7-10-28(27)33-39-41-43(40-33)34(45)26-17-13-24(14-18-26)20-52-44(49)50/h6-7,9-18,48-50H,5,8,19-21H2,1-4H3. The van der Waals surface area contributed by atoms with Crippen molar-refractivity contribution in [3.05, 3.63) is 129 Å². The van der Waals surface area contributed by atoms with E-state index in [1.165, 1.54) is 19.1 Å². The molecule has 3 N–H and O–H groups in total. The van der Waals surface area contributed by atoms with Crippen LogP contribution in [0.4, 0.5) is 0 Å². The summed E-state index contributed by atoms with van der Waals surface area (Å²) in [6.07, 6.45) is 1.26. The van der Waals surface area contributed by atoms with Crippen molar-refractivity contribution in [1.29, 1.82) is 0 Å². The summed E-state index contributed by atoms with van der Waals surface area (Å²) in [7, 11) is 0. The SMILES string of the molecule is CCCc1nc(C(C)(C)O)c(C(=O)OCc2oc(=O)oc2C)n1Cc1ccc(-c2ccccc2-c2nnn(C(=O)c3ccc(CON(O)O)cc3)n2)cc1. The van der Waals surface area contributed by atoms with Gasteiger partial charge in [0.25, 0.3) is 5.91 Å². The van der Waals surface area contributed by atoms with Gasteiger partial charge in [0.15, 0.2) is 23.8 Å². The molecule has 3 heterocycles. The number of benzene rings is 3. The van der Waals surface area contributed by atoms with Crippen molar-refractivity contribution in [1.82, 2.24) is 35.1 Å². The number of aliphatic hydroxyl groups is 1. The van der Waals surface area contributed by atoms with E-state index in [4.69, 9.17) is 24.0 Å². The van der Waals surface area contributed by atoms with Gasteiger partial charge in [-0.15, -0.1) is 10.2 Å². The Labute approximate surface area is 307 Å². The molecule has 17 heteroatoms. The molecule has 6 aromatic rings. The predicted octanol–water partition coefficient (Wildman–Crippen LogP) is 4.84. The Hall–Kier alpha value is -6.11. The molecule has 0 radical (unpaired) electrons. The van der Waals surface area contributed by atoms with E-state index in [1.807, 2.05) is 55.5 Å². The van der Waals surface area contributed by atoms with Gasteiger partial charge in [0.2, 0.25) is 5.82 Å². The van der Waals surface area contributed by atoms with Crippen LogP contribution in [0.5, 0.6) is 0 Å². The summed E-state index contributed by atoms with van der Waals surface area (Å²) in [6.45, 7) is 6.36. The number of carbonyl (C=O) groups excluding carboxylic acids is 2. The molecule has 0 aliphatic heterocycles. The maximum atomic E-state index is 13.6. The topological polar surface area (TPSA) is 221 Å². The first kappa shape index (κ1) is 37.6. The molecular formula is C37H37N7O10. The van der Waals surface area contributed by atoms with E-state index < -0.39 is 28.7 Å². The number of nitrogens with zero attached hydrogens (tertiary/aromatic N) is 7. The largest absolute Gasteiger partial charge is 0.519 e. The van der Waals surface area contributed by atoms with Crippen molar-refractivity contribution in [2.24, 2.45) is 0 Å². The third-order valence-electron chi connectivity index (χ3n) is 8.38. The first-order valence-corrected chi connectivity index (χ1v) is 16.8. The molecular weight excluding hydrogens is 702 g/mol. The third kappa shape index (κ3) is 8.41. The average Bonchev–Trinajstić information content (AvgIpc) is 3.87. The lowest BCUT2D eigenvalue weighted by molar-refractivity contribution is -0.497. The zero-order valence-corrected chi connectivity index (χ0v) is 29.8. The second kappa shape index (κ2) is 15.9. The molecule has 0 saturated heterocycles. The molecule has 0 bridgehead atoms. The normalized spacial score (nSPS) is 11.7. The monoisotopic (exact) mass is 739 g/mol. The van der Waals surface area contributed by atoms with E-state index in [-0.39, 0.29) is 54.1 Å². The highest BCUT2D eigenvalue weighted by molar-refractivity contribution is 5.95. The quantitative estimate of drug-likeness (QED) is 0.100. The van der Waals surface area contributed by atoms with Crippen molar-refractivity contribution < 1.29 is 43.5 Å². The number of carbonyl (C=O) groups is 2. The molecule has 0 amide bonds. The average molecular weight is 740 g/mol. The molecule has 3 aromatic carbocycles. The van der Waals surface area contributed by atoms with Crippen molar-refractivity contribution in [3.8, 4) is 22.5 Å². The van der Waals surface area contributed by atoms with Crippen LogP contribution in [0.15, 0.2) is 86.4 Å². The molecule has 54 heavy (non-hydrogen) atoms. The Balaban J connectivity index is 1.24. The molecule has 0 spiro atoms. The molecule has 280 valence electrons. The number of hydrogen-bond acceptors (Lipinski definition) is 15. The van der Waals surface area contributed by atoms with Gasteiger partial charge in [0.1, 0.15) is 17.1 Å². The van der Waals surface area contributed by atoms with E-state index in [0.29, 0.717) is 23.4 Å². The molecule has 0 aliphatic rings. The second-order valence-corrected chi connectivity index (χ2v) is 12.8. The Bertz CT molecular complexity index is 2310. The molecule has 0 unspecified atom stereocenters. The number of imidazole rings is 1. The number of ether oxygens (including phenoxy) is 1. The Morgan fingerprint density at radius 1 is 0.926 bits per heavy atom. The van der Waals surface area contributed by atoms with Crippen molar-refractivity contribution in [2.45, 2.75) is 65.9 Å². The van der Waals surface area contributed by atoms with Crippen LogP contribution in [-0.4, -0.2) is 62.5 Å². The molecule has 0 aliphatic carbocycles. The number of hydrogen-bond donors (Lipinski definition) is 3. The minimum atomic E-state index is -1.47. The van der Waals surface area contributed by atoms with Crippen molar-refractivity contribution in [3.63, 3.8) is 0 Å². The highest BCUT2D eigenvalue weighted by Crippen LogP contribution is 2.31. The summed E-state index contributed by atoms with van der Waals surface area (Å²) in [6, 6.07) is 21.3. The third-order valence-corrected chi connectivity index (χ3v) is 8.38. The fourth-order valence-corrected chi connectivity index (χ4v) is 5.72. The number of esters is 1. The van der Waals surface area contributed by atoms with E-state index >= 15 is 0 Å². The lowest BCUT2D eigenvalue weighted by Crippen LogP contribution is -2.23. The van der Waals surface area contributed by atoms with Crippen molar-refractivity contribution >= 4 is 11.9 Å². The first-order valence-electron chi connectivity index (χ1n) is 16.8. The summed E-state index contributed by atoms with van der Waals surface area (Å²) in [5, 5.41) is 40.6. The highest BCUT2D eigenvalue weighted by atomic mass is 17.1. The number of tetrazole rings is 1. The van der Waals surface area contributed by atoms with Crippen LogP contribution < -0.4 is 5.82 Å². The van der Waals surface area contributed by atoms with Gasteiger partial charge >= 0.3 is 11.8 Å². The molecule has 6 rings (SSSR count). The van der Waals surface area contributed by atoms with Crippen LogP contribution in [0.1, 0.15) is 82.2 Å². The summed E-state index contributed by atoms with van der Waals surface area (Å²) in [4.78, 5) is 48.4. The van der Waals surface area contributed by atoms with E-state index in [1.54, 1.807) is 30.5 Å². The first-order chi connectivity index (χ1) is 25.8. The summed E-state index contributed by atoms with van der Waals surface area (Å²) in [5.41, 5.74) is 2.72. The van der Waals surface area contributed by atoms with Gasteiger partial charge in [0.05, 0.1) is 12.0 Å². The summed E-state index contributed by atoms with van der Waals surface area (Å²) >= 11 is 0. The molecule has 0 atom stereocenters. The van der Waals surface area contributed by atoms with Gasteiger partial charge in [0, 0.05) is 24.1 Å². The summed E-state index contributed by atoms with van der Waals surface area (Å²) < 4.78 is 17.1. The second-order valence-electron chi connectivity index (χ2n) is 12.8. The van der Waals surface area contributed by atoms with Crippen LogP contribution in [0.2, 0.25) is 0 Å². The van der Waals surface area contributed by atoms with Crippen LogP contribution in [0.3, 0.4) is 0 Å². The molecule has 0 fully saturated rings. The van der Waals surface area contributed by atoms with Gasteiger partial charge < -0.3 is 23.2 Å². The summed E-state index contributed by atoms with van der Waals surface area (Å²) in [5.74, 6) is -1.07. The molecule has 17 nitrogen and oxygen atoms in total. The lowest BCUT2D eigenvalue weighted by atomic mass is 9.98. The van der Waals surface area contributed by atoms with E-state index in [2.05, 4.69) is 25.2 Å². The van der Waals surface area contributed by atoms with Gasteiger partial charge in [-0.2, -0.15) is 0 Å². The smallest absolute Gasteiger partial charge is 0.453 e.